The van der Waals surface area contributed by atoms with Crippen LogP contribution in [0.4, 0.5) is 4.39 Å². The fourth-order valence-electron chi connectivity index (χ4n) is 3.43. The lowest BCUT2D eigenvalue weighted by atomic mass is 10.1. The molecule has 0 aliphatic carbocycles. The van der Waals surface area contributed by atoms with Crippen LogP contribution in [0.25, 0.3) is 33.9 Å². The molecule has 0 saturated carbocycles. The van der Waals surface area contributed by atoms with Gasteiger partial charge in [-0.05, 0) is 36.4 Å². The van der Waals surface area contributed by atoms with Gasteiger partial charge in [0.25, 0.3) is 5.56 Å². The number of hydrogen-bond acceptors (Lipinski definition) is 3. The number of halogens is 2. The van der Waals surface area contributed by atoms with Crippen LogP contribution in [-0.2, 0) is 7.05 Å². The minimum Gasteiger partial charge on any atom is -0.279 e. The summed E-state index contributed by atoms with van der Waals surface area (Å²) in [6.07, 6.45) is 1.76. The molecule has 0 atom stereocenters. The van der Waals surface area contributed by atoms with Crippen molar-refractivity contribution < 1.29 is 4.39 Å². The lowest BCUT2D eigenvalue weighted by Crippen LogP contribution is -2.28. The molecule has 1 N–H and O–H groups in total. The largest absolute Gasteiger partial charge is 0.329 e. The van der Waals surface area contributed by atoms with Gasteiger partial charge in [0, 0.05) is 29.5 Å². The Morgan fingerprint density at radius 2 is 1.72 bits per heavy atom. The Kier molecular flexibility index (Phi) is 3.72. The van der Waals surface area contributed by atoms with Crippen LogP contribution < -0.4 is 11.2 Å². The SMILES string of the molecule is Cn1c(=O)[nH]c(=O)c2c1nc1n(-c3ccc(F)cc3)c(-c3ccc(Cl)cc3)cn21. The van der Waals surface area contributed by atoms with Gasteiger partial charge in [-0.25, -0.2) is 9.18 Å². The number of imidazole rings is 2. The number of nitrogens with one attached hydrogen (secondary N) is 1. The van der Waals surface area contributed by atoms with Crippen LogP contribution >= 0.6 is 11.6 Å². The molecule has 3 heterocycles. The third kappa shape index (κ3) is 2.60. The Balaban J connectivity index is 1.94. The van der Waals surface area contributed by atoms with Crippen molar-refractivity contribution in [3.63, 3.8) is 0 Å². The highest BCUT2D eigenvalue weighted by Crippen LogP contribution is 2.29. The van der Waals surface area contributed by atoms with Gasteiger partial charge in [0.15, 0.2) is 11.2 Å². The van der Waals surface area contributed by atoms with Crippen molar-refractivity contribution in [2.75, 3.05) is 0 Å². The van der Waals surface area contributed by atoms with Crippen LogP contribution in [0.3, 0.4) is 0 Å². The zero-order valence-electron chi connectivity index (χ0n) is 15.1. The molecule has 144 valence electrons. The van der Waals surface area contributed by atoms with Gasteiger partial charge in [-0.2, -0.15) is 4.98 Å². The van der Waals surface area contributed by atoms with Crippen molar-refractivity contribution in [2.24, 2.45) is 7.05 Å². The van der Waals surface area contributed by atoms with Crippen LogP contribution in [0.5, 0.6) is 0 Å². The third-order valence-corrected chi connectivity index (χ3v) is 5.10. The minimum atomic E-state index is -0.547. The lowest BCUT2D eigenvalue weighted by molar-refractivity contribution is 0.627. The van der Waals surface area contributed by atoms with E-state index in [0.29, 0.717) is 16.5 Å². The molecule has 2 aromatic carbocycles. The molecule has 0 amide bonds. The summed E-state index contributed by atoms with van der Waals surface area (Å²) in [5.41, 5.74) is 1.64. The fraction of sp³-hybridized carbons (Fsp3) is 0.0500. The fourth-order valence-corrected chi connectivity index (χ4v) is 3.55. The molecule has 7 nitrogen and oxygen atoms in total. The molecule has 0 spiro atoms. The normalized spacial score (nSPS) is 11.6. The monoisotopic (exact) mass is 409 g/mol. The van der Waals surface area contributed by atoms with Crippen LogP contribution in [0.15, 0.2) is 64.3 Å². The molecule has 0 saturated heterocycles. The molecule has 3 aromatic heterocycles. The summed E-state index contributed by atoms with van der Waals surface area (Å²) in [6.45, 7) is 0. The molecule has 0 aliphatic rings. The summed E-state index contributed by atoms with van der Waals surface area (Å²) < 4.78 is 18.2. The Morgan fingerprint density at radius 3 is 2.41 bits per heavy atom. The van der Waals surface area contributed by atoms with E-state index in [1.165, 1.54) is 23.7 Å². The quantitative estimate of drug-likeness (QED) is 0.486. The molecule has 0 bridgehead atoms. The first-order valence-corrected chi connectivity index (χ1v) is 9.06. The molecule has 5 aromatic rings. The highest BCUT2D eigenvalue weighted by Gasteiger charge is 2.20. The van der Waals surface area contributed by atoms with Gasteiger partial charge in [-0.3, -0.25) is 23.3 Å². The van der Waals surface area contributed by atoms with Crippen LogP contribution in [0, 0.1) is 5.82 Å². The van der Waals surface area contributed by atoms with E-state index in [4.69, 9.17) is 11.6 Å². The summed E-state index contributed by atoms with van der Waals surface area (Å²) in [6, 6.07) is 13.2. The van der Waals surface area contributed by atoms with Crippen molar-refractivity contribution in [3.05, 3.63) is 86.4 Å². The average Bonchev–Trinajstić information content (AvgIpc) is 3.24. The smallest absolute Gasteiger partial charge is 0.279 e. The molecule has 0 aliphatic heterocycles. The number of aromatic amines is 1. The second-order valence-corrected chi connectivity index (χ2v) is 7.04. The van der Waals surface area contributed by atoms with E-state index in [0.717, 1.165) is 11.3 Å². The molecule has 0 radical (unpaired) electrons. The summed E-state index contributed by atoms with van der Waals surface area (Å²) in [7, 11) is 1.54. The molecular formula is C20H13ClFN5O2. The first-order valence-electron chi connectivity index (χ1n) is 8.69. The summed E-state index contributed by atoms with van der Waals surface area (Å²) in [5, 5.41) is 0.593. The van der Waals surface area contributed by atoms with Gasteiger partial charge in [0.2, 0.25) is 5.78 Å². The highest BCUT2D eigenvalue weighted by atomic mass is 35.5. The van der Waals surface area contributed by atoms with Crippen molar-refractivity contribution in [3.8, 4) is 16.9 Å². The second kappa shape index (κ2) is 6.18. The number of benzene rings is 2. The van der Waals surface area contributed by atoms with E-state index in [1.54, 1.807) is 39.4 Å². The van der Waals surface area contributed by atoms with E-state index in [1.807, 2.05) is 12.1 Å². The van der Waals surface area contributed by atoms with Gasteiger partial charge in [0.05, 0.1) is 5.69 Å². The predicted octanol–water partition coefficient (Wildman–Crippen LogP) is 3.12. The average molecular weight is 410 g/mol. The maximum Gasteiger partial charge on any atom is 0.329 e. The minimum absolute atomic E-state index is 0.248. The lowest BCUT2D eigenvalue weighted by Gasteiger charge is -2.09. The maximum atomic E-state index is 13.5. The van der Waals surface area contributed by atoms with E-state index < -0.39 is 11.2 Å². The van der Waals surface area contributed by atoms with Crippen molar-refractivity contribution in [1.82, 2.24) is 23.5 Å². The number of nitrogens with zero attached hydrogens (tertiary/aromatic N) is 4. The number of aromatic nitrogens is 5. The van der Waals surface area contributed by atoms with E-state index in [9.17, 15) is 14.0 Å². The van der Waals surface area contributed by atoms with Gasteiger partial charge >= 0.3 is 5.69 Å². The van der Waals surface area contributed by atoms with Crippen molar-refractivity contribution in [1.29, 1.82) is 0 Å². The number of aryl methyl sites for hydroxylation is 1. The van der Waals surface area contributed by atoms with E-state index in [-0.39, 0.29) is 17.0 Å². The van der Waals surface area contributed by atoms with E-state index in [2.05, 4.69) is 9.97 Å². The van der Waals surface area contributed by atoms with Gasteiger partial charge in [-0.15, -0.1) is 0 Å². The first kappa shape index (κ1) is 17.4. The van der Waals surface area contributed by atoms with Crippen molar-refractivity contribution >= 4 is 28.5 Å². The Morgan fingerprint density at radius 1 is 1.03 bits per heavy atom. The topological polar surface area (TPSA) is 77.1 Å². The summed E-state index contributed by atoms with van der Waals surface area (Å²) >= 11 is 6.02. The summed E-state index contributed by atoms with van der Waals surface area (Å²) in [4.78, 5) is 31.3. The van der Waals surface area contributed by atoms with Gasteiger partial charge < -0.3 is 0 Å². The number of H-pyrrole nitrogens is 1. The van der Waals surface area contributed by atoms with Crippen LogP contribution in [-0.4, -0.2) is 23.5 Å². The van der Waals surface area contributed by atoms with E-state index >= 15 is 0 Å². The third-order valence-electron chi connectivity index (χ3n) is 4.85. The predicted molar refractivity (Wildman–Crippen MR) is 108 cm³/mol. The molecular weight excluding hydrogens is 397 g/mol. The Labute approximate surface area is 167 Å². The number of hydrogen-bond donors (Lipinski definition) is 1. The molecule has 0 fully saturated rings. The zero-order chi connectivity index (χ0) is 20.3. The first-order chi connectivity index (χ1) is 13.9. The second-order valence-electron chi connectivity index (χ2n) is 6.61. The van der Waals surface area contributed by atoms with Gasteiger partial charge in [0.1, 0.15) is 5.82 Å². The maximum absolute atomic E-state index is 13.5. The summed E-state index contributed by atoms with van der Waals surface area (Å²) in [5.74, 6) is 0.0561. The molecule has 0 unspecified atom stereocenters. The number of rotatable bonds is 2. The molecule has 9 heteroatoms. The van der Waals surface area contributed by atoms with Gasteiger partial charge in [-0.1, -0.05) is 23.7 Å². The Hall–Kier alpha value is -3.65. The van der Waals surface area contributed by atoms with Crippen molar-refractivity contribution in [2.45, 2.75) is 0 Å². The standard InChI is InChI=1S/C20H13ClFN5O2/c1-25-17-16(18(28)24-20(25)29)26-10-15(11-2-4-12(21)5-3-11)27(19(26)23-17)14-8-6-13(22)7-9-14/h2-10H,1H3,(H,24,28,29). The molecule has 29 heavy (non-hydrogen) atoms. The van der Waals surface area contributed by atoms with Crippen LogP contribution in [0.2, 0.25) is 5.02 Å². The molecule has 5 rings (SSSR count). The zero-order valence-corrected chi connectivity index (χ0v) is 15.8. The highest BCUT2D eigenvalue weighted by molar-refractivity contribution is 6.30. The number of fused-ring (bicyclic) bond motifs is 3. The Bertz CT molecular complexity index is 1510. The van der Waals surface area contributed by atoms with Crippen LogP contribution in [0.1, 0.15) is 0 Å².